The number of thiophene rings is 1. The second-order valence-corrected chi connectivity index (χ2v) is 4.58. The van der Waals surface area contributed by atoms with Crippen molar-refractivity contribution >= 4 is 17.1 Å². The third-order valence-electron chi connectivity index (χ3n) is 2.29. The first-order valence-corrected chi connectivity index (χ1v) is 5.76. The van der Waals surface area contributed by atoms with Crippen LogP contribution in [0.15, 0.2) is 41.8 Å². The molecule has 0 aliphatic heterocycles. The van der Waals surface area contributed by atoms with Gasteiger partial charge in [0.15, 0.2) is 5.78 Å². The van der Waals surface area contributed by atoms with Gasteiger partial charge in [0.1, 0.15) is 0 Å². The molecule has 1 aromatic carbocycles. The van der Waals surface area contributed by atoms with E-state index in [0.29, 0.717) is 6.42 Å². The van der Waals surface area contributed by atoms with Crippen LogP contribution in [-0.4, -0.2) is 5.78 Å². The SMILES string of the molecule is Cc1ccc(C(=O)Cc2cccs2)cc1. The number of hydrogen-bond donors (Lipinski definition) is 0. The van der Waals surface area contributed by atoms with Crippen molar-refractivity contribution in [3.63, 3.8) is 0 Å². The monoisotopic (exact) mass is 216 g/mol. The number of benzene rings is 1. The Morgan fingerprint density at radius 3 is 2.53 bits per heavy atom. The molecule has 0 unspecified atom stereocenters. The van der Waals surface area contributed by atoms with Gasteiger partial charge in [0.25, 0.3) is 0 Å². The highest BCUT2D eigenvalue weighted by Crippen LogP contribution is 2.13. The summed E-state index contributed by atoms with van der Waals surface area (Å²) in [6, 6.07) is 11.7. The van der Waals surface area contributed by atoms with Gasteiger partial charge in [-0.3, -0.25) is 4.79 Å². The molecule has 0 saturated carbocycles. The number of ketones is 1. The molecule has 0 aliphatic carbocycles. The quantitative estimate of drug-likeness (QED) is 0.718. The van der Waals surface area contributed by atoms with Gasteiger partial charge < -0.3 is 0 Å². The number of carbonyl (C=O) groups excluding carboxylic acids is 1. The second-order valence-electron chi connectivity index (χ2n) is 3.55. The average molecular weight is 216 g/mol. The molecule has 0 N–H and O–H groups in total. The molecule has 1 nitrogen and oxygen atoms in total. The van der Waals surface area contributed by atoms with Gasteiger partial charge >= 0.3 is 0 Å². The van der Waals surface area contributed by atoms with Crippen molar-refractivity contribution in [1.29, 1.82) is 0 Å². The Bertz CT molecular complexity index is 440. The van der Waals surface area contributed by atoms with Crippen molar-refractivity contribution in [3.05, 3.63) is 57.8 Å². The summed E-state index contributed by atoms with van der Waals surface area (Å²) in [4.78, 5) is 13.0. The number of hydrogen-bond acceptors (Lipinski definition) is 2. The first-order valence-electron chi connectivity index (χ1n) is 4.88. The predicted octanol–water partition coefficient (Wildman–Crippen LogP) is 3.48. The Balaban J connectivity index is 2.11. The second kappa shape index (κ2) is 4.41. The molecule has 0 aliphatic rings. The van der Waals surface area contributed by atoms with Crippen LogP contribution in [0.5, 0.6) is 0 Å². The van der Waals surface area contributed by atoms with Gasteiger partial charge in [0, 0.05) is 16.9 Å². The Labute approximate surface area is 93.4 Å². The topological polar surface area (TPSA) is 17.1 Å². The van der Waals surface area contributed by atoms with E-state index in [1.807, 2.05) is 48.7 Å². The smallest absolute Gasteiger partial charge is 0.168 e. The van der Waals surface area contributed by atoms with Crippen LogP contribution < -0.4 is 0 Å². The van der Waals surface area contributed by atoms with Gasteiger partial charge in [0.2, 0.25) is 0 Å². The molecule has 0 atom stereocenters. The Kier molecular flexibility index (Phi) is 2.97. The average Bonchev–Trinajstić information content (AvgIpc) is 2.71. The van der Waals surface area contributed by atoms with E-state index in [4.69, 9.17) is 0 Å². The predicted molar refractivity (Wildman–Crippen MR) is 63.5 cm³/mol. The molecule has 0 bridgehead atoms. The highest BCUT2D eigenvalue weighted by molar-refractivity contribution is 7.10. The maximum absolute atomic E-state index is 11.8. The zero-order valence-electron chi connectivity index (χ0n) is 8.57. The van der Waals surface area contributed by atoms with Crippen LogP contribution in [-0.2, 0) is 6.42 Å². The lowest BCUT2D eigenvalue weighted by Crippen LogP contribution is -2.01. The van der Waals surface area contributed by atoms with Crippen LogP contribution in [0.25, 0.3) is 0 Å². The minimum absolute atomic E-state index is 0.192. The van der Waals surface area contributed by atoms with Crippen molar-refractivity contribution in [2.24, 2.45) is 0 Å². The summed E-state index contributed by atoms with van der Waals surface area (Å²) in [6.45, 7) is 2.02. The summed E-state index contributed by atoms with van der Waals surface area (Å²) >= 11 is 1.63. The fourth-order valence-corrected chi connectivity index (χ4v) is 2.12. The Morgan fingerprint density at radius 2 is 1.93 bits per heavy atom. The fraction of sp³-hybridized carbons (Fsp3) is 0.154. The van der Waals surface area contributed by atoms with E-state index in [9.17, 15) is 4.79 Å². The van der Waals surface area contributed by atoms with Crippen LogP contribution in [0.3, 0.4) is 0 Å². The lowest BCUT2D eigenvalue weighted by molar-refractivity contribution is 0.0994. The van der Waals surface area contributed by atoms with E-state index in [0.717, 1.165) is 10.4 Å². The fourth-order valence-electron chi connectivity index (χ4n) is 1.41. The lowest BCUT2D eigenvalue weighted by atomic mass is 10.1. The molecule has 76 valence electrons. The lowest BCUT2D eigenvalue weighted by Gasteiger charge is -1.99. The molecule has 0 spiro atoms. The Morgan fingerprint density at radius 1 is 1.20 bits per heavy atom. The maximum atomic E-state index is 11.8. The zero-order chi connectivity index (χ0) is 10.7. The molecule has 0 fully saturated rings. The van der Waals surface area contributed by atoms with Crippen molar-refractivity contribution in [2.75, 3.05) is 0 Å². The van der Waals surface area contributed by atoms with E-state index in [-0.39, 0.29) is 5.78 Å². The normalized spacial score (nSPS) is 10.2. The van der Waals surface area contributed by atoms with Crippen molar-refractivity contribution < 1.29 is 4.79 Å². The highest BCUT2D eigenvalue weighted by Gasteiger charge is 2.06. The first kappa shape index (κ1) is 10.1. The molecule has 2 heteroatoms. The molecule has 2 aromatic rings. The molecule has 15 heavy (non-hydrogen) atoms. The molecule has 2 rings (SSSR count). The first-order chi connectivity index (χ1) is 7.25. The number of Topliss-reactive ketones (excluding diaryl/α,β-unsaturated/α-hetero) is 1. The molecule has 0 radical (unpaired) electrons. The van der Waals surface area contributed by atoms with E-state index in [2.05, 4.69) is 0 Å². The van der Waals surface area contributed by atoms with Gasteiger partial charge in [-0.05, 0) is 18.4 Å². The molecular weight excluding hydrogens is 204 g/mol. The van der Waals surface area contributed by atoms with E-state index in [1.54, 1.807) is 11.3 Å². The number of rotatable bonds is 3. The highest BCUT2D eigenvalue weighted by atomic mass is 32.1. The van der Waals surface area contributed by atoms with Crippen LogP contribution in [0.1, 0.15) is 20.8 Å². The van der Waals surface area contributed by atoms with Gasteiger partial charge in [-0.15, -0.1) is 11.3 Å². The minimum Gasteiger partial charge on any atom is -0.294 e. The molecule has 1 heterocycles. The van der Waals surface area contributed by atoms with Crippen molar-refractivity contribution in [2.45, 2.75) is 13.3 Å². The van der Waals surface area contributed by atoms with E-state index >= 15 is 0 Å². The summed E-state index contributed by atoms with van der Waals surface area (Å²) in [7, 11) is 0. The summed E-state index contributed by atoms with van der Waals surface area (Å²) in [6.07, 6.45) is 0.515. The van der Waals surface area contributed by atoms with Crippen LogP contribution in [0, 0.1) is 6.92 Å². The molecule has 1 aromatic heterocycles. The molecular formula is C13H12OS. The van der Waals surface area contributed by atoms with Crippen LogP contribution >= 0.6 is 11.3 Å². The summed E-state index contributed by atoms with van der Waals surface area (Å²) in [5.41, 5.74) is 1.98. The van der Waals surface area contributed by atoms with Gasteiger partial charge in [-0.2, -0.15) is 0 Å². The summed E-state index contributed by atoms with van der Waals surface area (Å²) in [5, 5.41) is 2.00. The third kappa shape index (κ3) is 2.54. The maximum Gasteiger partial charge on any atom is 0.168 e. The minimum atomic E-state index is 0.192. The van der Waals surface area contributed by atoms with Crippen molar-refractivity contribution in [3.8, 4) is 0 Å². The number of carbonyl (C=O) groups is 1. The Hall–Kier alpha value is -1.41. The molecule has 0 saturated heterocycles. The van der Waals surface area contributed by atoms with Gasteiger partial charge in [-0.1, -0.05) is 35.9 Å². The van der Waals surface area contributed by atoms with Crippen LogP contribution in [0.2, 0.25) is 0 Å². The largest absolute Gasteiger partial charge is 0.294 e. The van der Waals surface area contributed by atoms with Gasteiger partial charge in [0.05, 0.1) is 0 Å². The standard InChI is InChI=1S/C13H12OS/c1-10-4-6-11(7-5-10)13(14)9-12-3-2-8-15-12/h2-8H,9H2,1H3. The van der Waals surface area contributed by atoms with Crippen molar-refractivity contribution in [1.82, 2.24) is 0 Å². The van der Waals surface area contributed by atoms with E-state index in [1.165, 1.54) is 5.56 Å². The van der Waals surface area contributed by atoms with Crippen LogP contribution in [0.4, 0.5) is 0 Å². The summed E-state index contributed by atoms with van der Waals surface area (Å²) < 4.78 is 0. The van der Waals surface area contributed by atoms with Gasteiger partial charge in [-0.25, -0.2) is 0 Å². The zero-order valence-corrected chi connectivity index (χ0v) is 9.38. The molecule has 0 amide bonds. The summed E-state index contributed by atoms with van der Waals surface area (Å²) in [5.74, 6) is 0.192. The van der Waals surface area contributed by atoms with E-state index < -0.39 is 0 Å². The third-order valence-corrected chi connectivity index (χ3v) is 3.16. The number of aryl methyl sites for hydroxylation is 1.